The van der Waals surface area contributed by atoms with Gasteiger partial charge in [0.1, 0.15) is 18.4 Å². The quantitative estimate of drug-likeness (QED) is 0.927. The molecule has 0 bridgehead atoms. The number of rotatable bonds is 3. The van der Waals surface area contributed by atoms with Crippen molar-refractivity contribution in [2.75, 3.05) is 0 Å². The fraction of sp³-hybridized carbons (Fsp3) is 0.467. The molecule has 0 saturated heterocycles. The first-order valence-corrected chi connectivity index (χ1v) is 7.38. The van der Waals surface area contributed by atoms with Crippen LogP contribution < -0.4 is 10.7 Å². The first kappa shape index (κ1) is 14.5. The summed E-state index contributed by atoms with van der Waals surface area (Å²) in [6, 6.07) is 3.02. The Morgan fingerprint density at radius 2 is 2.09 bits per heavy atom. The van der Waals surface area contributed by atoms with Gasteiger partial charge >= 0.3 is 0 Å². The van der Waals surface area contributed by atoms with E-state index in [2.05, 4.69) is 15.4 Å². The largest absolute Gasteiger partial charge is 0.456 e. The highest BCUT2D eigenvalue weighted by atomic mass is 16.3. The lowest BCUT2D eigenvalue weighted by Crippen LogP contribution is -2.38. The van der Waals surface area contributed by atoms with Crippen molar-refractivity contribution in [1.82, 2.24) is 20.1 Å². The van der Waals surface area contributed by atoms with Crippen LogP contribution in [-0.2, 0) is 0 Å². The van der Waals surface area contributed by atoms with Crippen LogP contribution in [0.4, 0.5) is 0 Å². The molecule has 7 nitrogen and oxygen atoms in total. The maximum Gasteiger partial charge on any atom is 0.287 e. The molecule has 2 heterocycles. The second-order valence-corrected chi connectivity index (χ2v) is 5.62. The van der Waals surface area contributed by atoms with Crippen LogP contribution in [0.25, 0.3) is 0 Å². The number of nitrogens with zero attached hydrogens (tertiary/aromatic N) is 3. The van der Waals surface area contributed by atoms with Gasteiger partial charge in [0, 0.05) is 18.2 Å². The molecule has 1 N–H and O–H groups in total. The van der Waals surface area contributed by atoms with Gasteiger partial charge in [-0.3, -0.25) is 9.59 Å². The van der Waals surface area contributed by atoms with E-state index in [1.54, 1.807) is 13.3 Å². The summed E-state index contributed by atoms with van der Waals surface area (Å²) in [7, 11) is 0. The third kappa shape index (κ3) is 3.24. The van der Waals surface area contributed by atoms with E-state index in [4.69, 9.17) is 4.42 Å². The summed E-state index contributed by atoms with van der Waals surface area (Å²) in [4.78, 5) is 27.5. The number of hydrogen-bond donors (Lipinski definition) is 1. The van der Waals surface area contributed by atoms with Crippen LogP contribution in [0, 0.1) is 6.92 Å². The predicted octanol–water partition coefficient (Wildman–Crippen LogP) is 1.45. The van der Waals surface area contributed by atoms with E-state index in [9.17, 15) is 9.59 Å². The molecule has 0 aliphatic heterocycles. The molecular weight excluding hydrogens is 284 g/mol. The summed E-state index contributed by atoms with van der Waals surface area (Å²) in [6.45, 7) is 1.65. The Hall–Kier alpha value is -2.44. The van der Waals surface area contributed by atoms with Crippen LogP contribution in [0.15, 0.2) is 34.0 Å². The van der Waals surface area contributed by atoms with Crippen molar-refractivity contribution in [3.8, 4) is 0 Å². The number of aromatic nitrogens is 3. The van der Waals surface area contributed by atoms with Gasteiger partial charge in [0.2, 0.25) is 0 Å². The lowest BCUT2D eigenvalue weighted by atomic mass is 9.91. The summed E-state index contributed by atoms with van der Waals surface area (Å²) in [5.41, 5.74) is -0.219. The predicted molar refractivity (Wildman–Crippen MR) is 78.5 cm³/mol. The highest BCUT2D eigenvalue weighted by Gasteiger charge is 2.24. The van der Waals surface area contributed by atoms with Gasteiger partial charge in [-0.15, -0.1) is 0 Å². The lowest BCUT2D eigenvalue weighted by molar-refractivity contribution is 0.0889. The molecule has 1 fully saturated rings. The Balaban J connectivity index is 1.58. The van der Waals surface area contributed by atoms with E-state index < -0.39 is 0 Å². The van der Waals surface area contributed by atoms with E-state index in [0.29, 0.717) is 11.8 Å². The van der Waals surface area contributed by atoms with Crippen LogP contribution in [-0.4, -0.2) is 26.7 Å². The van der Waals surface area contributed by atoms with Crippen LogP contribution >= 0.6 is 0 Å². The molecule has 22 heavy (non-hydrogen) atoms. The molecule has 0 unspecified atom stereocenters. The molecule has 116 valence electrons. The minimum absolute atomic E-state index is 0.0726. The van der Waals surface area contributed by atoms with Crippen LogP contribution in [0.1, 0.15) is 48.0 Å². The number of aryl methyl sites for hydroxylation is 1. The van der Waals surface area contributed by atoms with Crippen LogP contribution in [0.5, 0.6) is 0 Å². The molecule has 1 saturated carbocycles. The zero-order valence-corrected chi connectivity index (χ0v) is 12.4. The number of carbonyl (C=O) groups is 1. The van der Waals surface area contributed by atoms with Crippen molar-refractivity contribution < 1.29 is 9.21 Å². The minimum atomic E-state index is -0.329. The first-order chi connectivity index (χ1) is 10.6. The molecule has 0 radical (unpaired) electrons. The maximum atomic E-state index is 12.2. The summed E-state index contributed by atoms with van der Waals surface area (Å²) in [5.74, 6) is 0.181. The van der Waals surface area contributed by atoms with Crippen molar-refractivity contribution >= 4 is 5.91 Å². The molecule has 0 spiro atoms. The number of nitrogens with one attached hydrogen (secondary N) is 1. The second-order valence-electron chi connectivity index (χ2n) is 5.62. The van der Waals surface area contributed by atoms with Crippen LogP contribution in [0.2, 0.25) is 0 Å². The zero-order chi connectivity index (χ0) is 15.5. The third-order valence-electron chi connectivity index (χ3n) is 3.96. The zero-order valence-electron chi connectivity index (χ0n) is 12.4. The van der Waals surface area contributed by atoms with Gasteiger partial charge in [0.25, 0.3) is 5.91 Å². The van der Waals surface area contributed by atoms with Gasteiger partial charge in [0.05, 0.1) is 6.04 Å². The Bertz CT molecular complexity index is 700. The molecule has 2 aromatic rings. The van der Waals surface area contributed by atoms with Gasteiger partial charge in [-0.2, -0.15) is 5.10 Å². The SMILES string of the molecule is Cc1cc(=O)cc(C(=O)NC2CCC(n3cncn3)CC2)o1. The first-order valence-electron chi connectivity index (χ1n) is 7.38. The molecule has 0 aromatic carbocycles. The summed E-state index contributed by atoms with van der Waals surface area (Å²) >= 11 is 0. The van der Waals surface area contributed by atoms with Crippen molar-refractivity contribution in [3.63, 3.8) is 0 Å². The molecule has 0 atom stereocenters. The van der Waals surface area contributed by atoms with Gasteiger partial charge < -0.3 is 9.73 Å². The molecule has 2 aromatic heterocycles. The Labute approximate surface area is 127 Å². The standard InChI is InChI=1S/C15H18N4O3/c1-10-6-13(20)7-14(22-10)15(21)18-11-2-4-12(5-3-11)19-9-16-8-17-19/h6-9,11-12H,2-5H2,1H3,(H,18,21). The molecular formula is C15H18N4O3. The van der Waals surface area contributed by atoms with E-state index in [1.807, 2.05) is 4.68 Å². The fourth-order valence-corrected chi connectivity index (χ4v) is 2.86. The Morgan fingerprint density at radius 3 is 2.73 bits per heavy atom. The van der Waals surface area contributed by atoms with E-state index in [-0.39, 0.29) is 23.1 Å². The van der Waals surface area contributed by atoms with Gasteiger partial charge in [0.15, 0.2) is 11.2 Å². The highest BCUT2D eigenvalue weighted by Crippen LogP contribution is 2.27. The number of amides is 1. The normalized spacial score (nSPS) is 21.5. The summed E-state index contributed by atoms with van der Waals surface area (Å²) in [5, 5.41) is 7.10. The smallest absolute Gasteiger partial charge is 0.287 e. The number of hydrogen-bond acceptors (Lipinski definition) is 5. The lowest BCUT2D eigenvalue weighted by Gasteiger charge is -2.28. The van der Waals surface area contributed by atoms with E-state index in [1.165, 1.54) is 18.5 Å². The van der Waals surface area contributed by atoms with E-state index in [0.717, 1.165) is 25.7 Å². The van der Waals surface area contributed by atoms with Crippen molar-refractivity contribution in [1.29, 1.82) is 0 Å². The summed E-state index contributed by atoms with van der Waals surface area (Å²) in [6.07, 6.45) is 6.87. The van der Waals surface area contributed by atoms with E-state index >= 15 is 0 Å². The van der Waals surface area contributed by atoms with Crippen molar-refractivity contribution in [3.05, 3.63) is 46.5 Å². The maximum absolute atomic E-state index is 12.2. The molecule has 7 heteroatoms. The van der Waals surface area contributed by atoms with Crippen molar-refractivity contribution in [2.45, 2.75) is 44.7 Å². The summed E-state index contributed by atoms with van der Waals surface area (Å²) < 4.78 is 7.18. The average molecular weight is 302 g/mol. The minimum Gasteiger partial charge on any atom is -0.456 e. The van der Waals surface area contributed by atoms with Crippen molar-refractivity contribution in [2.24, 2.45) is 0 Å². The molecule has 3 rings (SSSR count). The third-order valence-corrected chi connectivity index (χ3v) is 3.96. The Morgan fingerprint density at radius 1 is 1.32 bits per heavy atom. The van der Waals surface area contributed by atoms with Gasteiger partial charge in [-0.25, -0.2) is 9.67 Å². The fourth-order valence-electron chi connectivity index (χ4n) is 2.86. The van der Waals surface area contributed by atoms with Gasteiger partial charge in [-0.05, 0) is 32.6 Å². The van der Waals surface area contributed by atoms with Crippen LogP contribution in [0.3, 0.4) is 0 Å². The number of carbonyl (C=O) groups excluding carboxylic acids is 1. The highest BCUT2D eigenvalue weighted by molar-refractivity contribution is 5.91. The van der Waals surface area contributed by atoms with Gasteiger partial charge in [-0.1, -0.05) is 0 Å². The molecule has 1 amide bonds. The average Bonchev–Trinajstić information content (AvgIpc) is 3.01. The topological polar surface area (TPSA) is 90.0 Å². The Kier molecular flexibility index (Phi) is 4.04. The molecule has 1 aliphatic rings. The second kappa shape index (κ2) is 6.13. The monoisotopic (exact) mass is 302 g/mol. The molecule has 1 aliphatic carbocycles.